The number of fused-ring (bicyclic) bond motifs is 1. The van der Waals surface area contributed by atoms with E-state index in [1.807, 2.05) is 12.1 Å². The number of carboxylic acid groups (broad SMARTS) is 1. The van der Waals surface area contributed by atoms with Crippen LogP contribution in [0.3, 0.4) is 0 Å². The van der Waals surface area contributed by atoms with Gasteiger partial charge < -0.3 is 19.3 Å². The highest BCUT2D eigenvalue weighted by molar-refractivity contribution is 5.73. The molecule has 3 aromatic rings. The summed E-state index contributed by atoms with van der Waals surface area (Å²) in [5.41, 5.74) is 7.39. The molecule has 1 N–H and O–H groups in total. The standard InChI is InChI=1S/C25H32N4O.C2HF3O2/c1-6-29(23-18(3)14-17(2)15-19(23)4)25-26-20(5)22-11-7-8-12-28(24(22)27-25)16-21-10-9-13-30-21;3-2(4,5)1(6)7/h9-10,13-15H,6-8,11-12,16H2,1-5H3;(H,6,7). The Hall–Kier alpha value is -3.56. The van der Waals surface area contributed by atoms with Crippen LogP contribution < -0.4 is 9.80 Å². The number of anilines is 3. The topological polar surface area (TPSA) is 82.7 Å². The maximum atomic E-state index is 10.6. The number of halogens is 3. The number of hydrogen-bond acceptors (Lipinski definition) is 6. The Kier molecular flexibility index (Phi) is 8.83. The Balaban J connectivity index is 0.000000479. The van der Waals surface area contributed by atoms with E-state index >= 15 is 0 Å². The second-order valence-electron chi connectivity index (χ2n) is 9.16. The molecule has 1 aliphatic heterocycles. The van der Waals surface area contributed by atoms with Gasteiger partial charge in [0.15, 0.2) is 0 Å². The Morgan fingerprint density at radius 3 is 2.32 bits per heavy atom. The van der Waals surface area contributed by atoms with Crippen molar-refractivity contribution in [2.75, 3.05) is 22.9 Å². The minimum absolute atomic E-state index is 0.741. The first-order valence-electron chi connectivity index (χ1n) is 12.2. The lowest BCUT2D eigenvalue weighted by Crippen LogP contribution is -2.27. The van der Waals surface area contributed by atoms with Crippen molar-refractivity contribution in [3.63, 3.8) is 0 Å². The van der Waals surface area contributed by atoms with Gasteiger partial charge in [-0.05, 0) is 77.1 Å². The Morgan fingerprint density at radius 2 is 1.78 bits per heavy atom. The largest absolute Gasteiger partial charge is 0.490 e. The van der Waals surface area contributed by atoms with Crippen LogP contribution in [0, 0.1) is 27.7 Å². The molecule has 200 valence electrons. The molecule has 4 rings (SSSR count). The van der Waals surface area contributed by atoms with E-state index in [4.69, 9.17) is 24.3 Å². The number of carboxylic acids is 1. The van der Waals surface area contributed by atoms with E-state index in [1.54, 1.807) is 6.26 Å². The number of rotatable bonds is 5. The van der Waals surface area contributed by atoms with Gasteiger partial charge in [-0.1, -0.05) is 17.7 Å². The molecule has 7 nitrogen and oxygen atoms in total. The van der Waals surface area contributed by atoms with Gasteiger partial charge in [-0.15, -0.1) is 0 Å². The highest BCUT2D eigenvalue weighted by Gasteiger charge is 2.38. The summed E-state index contributed by atoms with van der Waals surface area (Å²) in [7, 11) is 0. The molecule has 0 spiro atoms. The molecule has 0 radical (unpaired) electrons. The Bertz CT molecular complexity index is 1200. The summed E-state index contributed by atoms with van der Waals surface area (Å²) < 4.78 is 37.4. The average Bonchev–Trinajstić information content (AvgIpc) is 3.23. The SMILES string of the molecule is CCN(c1nc(C)c2c(n1)N(Cc1ccco1)CCCC2)c1c(C)cc(C)cc1C.O=C(O)C(F)(F)F. The fourth-order valence-corrected chi connectivity index (χ4v) is 4.69. The molecule has 37 heavy (non-hydrogen) atoms. The van der Waals surface area contributed by atoms with E-state index in [1.165, 1.54) is 34.4 Å². The monoisotopic (exact) mass is 518 g/mol. The van der Waals surface area contributed by atoms with Crippen LogP contribution in [-0.4, -0.2) is 40.3 Å². The van der Waals surface area contributed by atoms with E-state index in [9.17, 15) is 13.2 Å². The molecular formula is C27H33F3N4O3. The van der Waals surface area contributed by atoms with Gasteiger partial charge in [-0.25, -0.2) is 9.78 Å². The zero-order valence-electron chi connectivity index (χ0n) is 21.8. The molecular weight excluding hydrogens is 485 g/mol. The molecule has 0 saturated heterocycles. The van der Waals surface area contributed by atoms with Gasteiger partial charge in [0, 0.05) is 30.0 Å². The minimum Gasteiger partial charge on any atom is -0.475 e. The van der Waals surface area contributed by atoms with Crippen molar-refractivity contribution in [1.82, 2.24) is 9.97 Å². The molecule has 1 aliphatic rings. The number of furan rings is 1. The highest BCUT2D eigenvalue weighted by atomic mass is 19.4. The third-order valence-electron chi connectivity index (χ3n) is 6.22. The summed E-state index contributed by atoms with van der Waals surface area (Å²) in [5.74, 6) is 0.0631. The maximum Gasteiger partial charge on any atom is 0.490 e. The zero-order chi connectivity index (χ0) is 27.3. The van der Waals surface area contributed by atoms with Crippen LogP contribution in [0.25, 0.3) is 0 Å². The molecule has 10 heteroatoms. The van der Waals surface area contributed by atoms with Gasteiger partial charge >= 0.3 is 12.1 Å². The van der Waals surface area contributed by atoms with Gasteiger partial charge in [0.1, 0.15) is 11.6 Å². The molecule has 0 amide bonds. The molecule has 2 aromatic heterocycles. The summed E-state index contributed by atoms with van der Waals surface area (Å²) in [6, 6.07) is 8.47. The molecule has 0 aliphatic carbocycles. The molecule has 0 unspecified atom stereocenters. The number of nitrogens with zero attached hydrogens (tertiary/aromatic N) is 4. The van der Waals surface area contributed by atoms with Gasteiger partial charge in [0.2, 0.25) is 5.95 Å². The van der Waals surface area contributed by atoms with Crippen LogP contribution in [0.15, 0.2) is 34.9 Å². The lowest BCUT2D eigenvalue weighted by molar-refractivity contribution is -0.192. The van der Waals surface area contributed by atoms with Crippen LogP contribution in [0.2, 0.25) is 0 Å². The van der Waals surface area contributed by atoms with Gasteiger partial charge in [-0.3, -0.25) is 0 Å². The molecule has 0 saturated carbocycles. The van der Waals surface area contributed by atoms with E-state index in [0.29, 0.717) is 0 Å². The Morgan fingerprint density at radius 1 is 1.14 bits per heavy atom. The summed E-state index contributed by atoms with van der Waals surface area (Å²) in [5, 5.41) is 7.12. The van der Waals surface area contributed by atoms with Crippen molar-refractivity contribution in [2.24, 2.45) is 0 Å². The molecule has 0 fully saturated rings. The number of alkyl halides is 3. The number of benzene rings is 1. The minimum atomic E-state index is -5.08. The predicted molar refractivity (Wildman–Crippen MR) is 136 cm³/mol. The Labute approximate surface area is 214 Å². The summed E-state index contributed by atoms with van der Waals surface area (Å²) in [6.07, 6.45) is 0.00961. The first kappa shape index (κ1) is 28.0. The predicted octanol–water partition coefficient (Wildman–Crippen LogP) is 6.44. The van der Waals surface area contributed by atoms with Crippen LogP contribution in [0.5, 0.6) is 0 Å². The molecule has 0 bridgehead atoms. The van der Waals surface area contributed by atoms with E-state index in [2.05, 4.69) is 56.6 Å². The van der Waals surface area contributed by atoms with Crippen molar-refractivity contribution in [3.05, 3.63) is 64.2 Å². The fraction of sp³-hybridized carbons (Fsp3) is 0.444. The first-order valence-corrected chi connectivity index (χ1v) is 12.2. The van der Waals surface area contributed by atoms with Crippen molar-refractivity contribution in [1.29, 1.82) is 0 Å². The fourth-order valence-electron chi connectivity index (χ4n) is 4.69. The van der Waals surface area contributed by atoms with Crippen LogP contribution in [-0.2, 0) is 17.8 Å². The number of aliphatic carboxylic acids is 1. The quantitative estimate of drug-likeness (QED) is 0.416. The third-order valence-corrected chi connectivity index (χ3v) is 6.22. The van der Waals surface area contributed by atoms with Crippen molar-refractivity contribution in [2.45, 2.75) is 66.6 Å². The van der Waals surface area contributed by atoms with Crippen LogP contribution >= 0.6 is 0 Å². The lowest BCUT2D eigenvalue weighted by atomic mass is 10.0. The summed E-state index contributed by atoms with van der Waals surface area (Å²) in [4.78, 5) is 23.6. The second-order valence-corrected chi connectivity index (χ2v) is 9.16. The van der Waals surface area contributed by atoms with Crippen LogP contribution in [0.1, 0.15) is 53.5 Å². The van der Waals surface area contributed by atoms with E-state index in [-0.39, 0.29) is 0 Å². The second kappa shape index (κ2) is 11.7. The molecule has 0 atom stereocenters. The van der Waals surface area contributed by atoms with Gasteiger partial charge in [-0.2, -0.15) is 18.2 Å². The van der Waals surface area contributed by atoms with Crippen molar-refractivity contribution >= 4 is 23.4 Å². The molecule has 1 aromatic carbocycles. The van der Waals surface area contributed by atoms with Gasteiger partial charge in [0.25, 0.3) is 0 Å². The lowest BCUT2D eigenvalue weighted by Gasteiger charge is -2.29. The number of aromatic nitrogens is 2. The number of carbonyl (C=O) groups is 1. The summed E-state index contributed by atoms with van der Waals surface area (Å²) >= 11 is 0. The normalized spacial score (nSPS) is 13.4. The third kappa shape index (κ3) is 6.81. The van der Waals surface area contributed by atoms with Crippen molar-refractivity contribution in [3.8, 4) is 0 Å². The average molecular weight is 519 g/mol. The smallest absolute Gasteiger partial charge is 0.475 e. The van der Waals surface area contributed by atoms with Crippen molar-refractivity contribution < 1.29 is 27.5 Å². The summed E-state index contributed by atoms with van der Waals surface area (Å²) in [6.45, 7) is 13.3. The van der Waals surface area contributed by atoms with E-state index < -0.39 is 12.1 Å². The molecule has 3 heterocycles. The highest BCUT2D eigenvalue weighted by Crippen LogP contribution is 2.34. The number of aryl methyl sites for hydroxylation is 4. The number of hydrogen-bond donors (Lipinski definition) is 1. The van der Waals surface area contributed by atoms with Crippen LogP contribution in [0.4, 0.5) is 30.6 Å². The van der Waals surface area contributed by atoms with E-state index in [0.717, 1.165) is 55.7 Å². The first-order chi connectivity index (χ1) is 17.4. The zero-order valence-corrected chi connectivity index (χ0v) is 21.8. The van der Waals surface area contributed by atoms with Gasteiger partial charge in [0.05, 0.1) is 12.8 Å². The maximum absolute atomic E-state index is 10.6.